The topological polar surface area (TPSA) is 15.3 Å². The van der Waals surface area contributed by atoms with E-state index in [-0.39, 0.29) is 0 Å². The third-order valence-corrected chi connectivity index (χ3v) is 3.61. The first-order valence-electron chi connectivity index (χ1n) is 6.79. The van der Waals surface area contributed by atoms with Crippen molar-refractivity contribution in [2.75, 3.05) is 32.7 Å². The van der Waals surface area contributed by atoms with Gasteiger partial charge in [-0.2, -0.15) is 0 Å². The first-order chi connectivity index (χ1) is 7.36. The zero-order chi connectivity index (χ0) is 10.9. The summed E-state index contributed by atoms with van der Waals surface area (Å²) in [4.78, 5) is 2.60. The third kappa shape index (κ3) is 5.53. The minimum atomic E-state index is 0.886. The summed E-state index contributed by atoms with van der Waals surface area (Å²) in [6.45, 7) is 11.0. The van der Waals surface area contributed by atoms with Gasteiger partial charge >= 0.3 is 0 Å². The van der Waals surface area contributed by atoms with E-state index in [1.54, 1.807) is 0 Å². The second kappa shape index (κ2) is 8.12. The van der Waals surface area contributed by atoms with E-state index in [1.165, 1.54) is 64.8 Å². The van der Waals surface area contributed by atoms with Crippen LogP contribution in [0.2, 0.25) is 0 Å². The molecule has 90 valence electrons. The predicted molar refractivity (Wildman–Crippen MR) is 67.2 cm³/mol. The van der Waals surface area contributed by atoms with Crippen LogP contribution in [0.15, 0.2) is 0 Å². The molecule has 1 aliphatic heterocycles. The maximum absolute atomic E-state index is 3.58. The van der Waals surface area contributed by atoms with Gasteiger partial charge < -0.3 is 10.2 Å². The molecule has 1 aliphatic rings. The van der Waals surface area contributed by atoms with Crippen molar-refractivity contribution in [1.82, 2.24) is 10.2 Å². The molecule has 0 aromatic carbocycles. The van der Waals surface area contributed by atoms with Crippen molar-refractivity contribution in [2.45, 2.75) is 46.0 Å². The van der Waals surface area contributed by atoms with Crippen LogP contribution < -0.4 is 5.32 Å². The Bertz CT molecular complexity index is 133. The number of nitrogens with zero attached hydrogens (tertiary/aromatic N) is 1. The fraction of sp³-hybridized carbons (Fsp3) is 1.00. The van der Waals surface area contributed by atoms with Gasteiger partial charge in [0, 0.05) is 0 Å². The summed E-state index contributed by atoms with van der Waals surface area (Å²) >= 11 is 0. The van der Waals surface area contributed by atoms with E-state index in [0.29, 0.717) is 0 Å². The fourth-order valence-electron chi connectivity index (χ4n) is 2.32. The monoisotopic (exact) mass is 212 g/mol. The van der Waals surface area contributed by atoms with E-state index in [9.17, 15) is 0 Å². The average Bonchev–Trinajstić information content (AvgIpc) is 2.76. The van der Waals surface area contributed by atoms with Crippen molar-refractivity contribution in [3.8, 4) is 0 Å². The van der Waals surface area contributed by atoms with Gasteiger partial charge in [0.15, 0.2) is 0 Å². The Morgan fingerprint density at radius 1 is 1.13 bits per heavy atom. The van der Waals surface area contributed by atoms with Crippen molar-refractivity contribution < 1.29 is 0 Å². The highest BCUT2D eigenvalue weighted by Crippen LogP contribution is 2.07. The van der Waals surface area contributed by atoms with Gasteiger partial charge in [-0.15, -0.1) is 0 Å². The Morgan fingerprint density at radius 2 is 1.80 bits per heavy atom. The van der Waals surface area contributed by atoms with Gasteiger partial charge in [0.25, 0.3) is 0 Å². The van der Waals surface area contributed by atoms with Gasteiger partial charge in [-0.3, -0.25) is 0 Å². The molecule has 1 saturated heterocycles. The van der Waals surface area contributed by atoms with E-state index < -0.39 is 0 Å². The molecule has 0 aromatic heterocycles. The van der Waals surface area contributed by atoms with Gasteiger partial charge in [0.2, 0.25) is 0 Å². The van der Waals surface area contributed by atoms with E-state index in [4.69, 9.17) is 0 Å². The summed E-state index contributed by atoms with van der Waals surface area (Å²) in [5.74, 6) is 0.886. The quantitative estimate of drug-likeness (QED) is 0.622. The molecule has 0 radical (unpaired) electrons. The minimum Gasteiger partial charge on any atom is -0.316 e. The Morgan fingerprint density at radius 3 is 2.40 bits per heavy atom. The van der Waals surface area contributed by atoms with E-state index >= 15 is 0 Å². The fourth-order valence-corrected chi connectivity index (χ4v) is 2.32. The van der Waals surface area contributed by atoms with Gasteiger partial charge in [-0.25, -0.2) is 0 Å². The lowest BCUT2D eigenvalue weighted by atomic mass is 10.0. The minimum absolute atomic E-state index is 0.886. The molecule has 2 nitrogen and oxygen atoms in total. The Labute approximate surface area is 95.4 Å². The Kier molecular flexibility index (Phi) is 7.03. The lowest BCUT2D eigenvalue weighted by Gasteiger charge is -2.16. The Balaban J connectivity index is 1.87. The first kappa shape index (κ1) is 13.0. The second-order valence-electron chi connectivity index (χ2n) is 4.79. The standard InChI is InChI=1S/C13H28N2/c1-3-13(4-2)12-14-8-7-11-15-9-5-6-10-15/h13-14H,3-12H2,1-2H3. The molecule has 0 atom stereocenters. The summed E-state index contributed by atoms with van der Waals surface area (Å²) in [7, 11) is 0. The number of rotatable bonds is 8. The van der Waals surface area contributed by atoms with Crippen molar-refractivity contribution in [2.24, 2.45) is 5.92 Å². The molecule has 0 bridgehead atoms. The highest BCUT2D eigenvalue weighted by molar-refractivity contribution is 4.66. The number of likely N-dealkylation sites (tertiary alicyclic amines) is 1. The molecule has 0 saturated carbocycles. The van der Waals surface area contributed by atoms with Gasteiger partial charge in [0.05, 0.1) is 0 Å². The van der Waals surface area contributed by atoms with E-state index in [2.05, 4.69) is 24.1 Å². The normalized spacial score (nSPS) is 17.8. The van der Waals surface area contributed by atoms with Crippen LogP contribution in [0.5, 0.6) is 0 Å². The molecule has 0 amide bonds. The summed E-state index contributed by atoms with van der Waals surface area (Å²) < 4.78 is 0. The lowest BCUT2D eigenvalue weighted by Crippen LogP contribution is -2.27. The predicted octanol–water partition coefficient (Wildman–Crippen LogP) is 2.50. The van der Waals surface area contributed by atoms with Gasteiger partial charge in [-0.1, -0.05) is 26.7 Å². The molecule has 1 rings (SSSR count). The van der Waals surface area contributed by atoms with Crippen molar-refractivity contribution >= 4 is 0 Å². The maximum atomic E-state index is 3.58. The van der Waals surface area contributed by atoms with Crippen LogP contribution in [0.1, 0.15) is 46.0 Å². The zero-order valence-corrected chi connectivity index (χ0v) is 10.6. The molecule has 0 unspecified atom stereocenters. The van der Waals surface area contributed by atoms with Crippen LogP contribution in [-0.2, 0) is 0 Å². The second-order valence-corrected chi connectivity index (χ2v) is 4.79. The van der Waals surface area contributed by atoms with Crippen molar-refractivity contribution in [1.29, 1.82) is 0 Å². The van der Waals surface area contributed by atoms with E-state index in [0.717, 1.165) is 5.92 Å². The maximum Gasteiger partial charge on any atom is -0.000664 e. The molecule has 0 aliphatic carbocycles. The average molecular weight is 212 g/mol. The van der Waals surface area contributed by atoms with Crippen LogP contribution in [-0.4, -0.2) is 37.6 Å². The molecular weight excluding hydrogens is 184 g/mol. The van der Waals surface area contributed by atoms with Crippen LogP contribution in [0.4, 0.5) is 0 Å². The third-order valence-electron chi connectivity index (χ3n) is 3.61. The first-order valence-corrected chi connectivity index (χ1v) is 6.79. The summed E-state index contributed by atoms with van der Waals surface area (Å²) in [6.07, 6.45) is 6.79. The summed E-state index contributed by atoms with van der Waals surface area (Å²) in [6, 6.07) is 0. The Hall–Kier alpha value is -0.0800. The smallest absolute Gasteiger partial charge is 0.000664 e. The highest BCUT2D eigenvalue weighted by atomic mass is 15.1. The molecule has 0 aromatic rings. The molecule has 2 heteroatoms. The van der Waals surface area contributed by atoms with Crippen LogP contribution in [0.3, 0.4) is 0 Å². The molecule has 0 spiro atoms. The number of hydrogen-bond acceptors (Lipinski definition) is 2. The molecule has 15 heavy (non-hydrogen) atoms. The lowest BCUT2D eigenvalue weighted by molar-refractivity contribution is 0.328. The highest BCUT2D eigenvalue weighted by Gasteiger charge is 2.10. The van der Waals surface area contributed by atoms with E-state index in [1.807, 2.05) is 0 Å². The van der Waals surface area contributed by atoms with Crippen molar-refractivity contribution in [3.63, 3.8) is 0 Å². The summed E-state index contributed by atoms with van der Waals surface area (Å²) in [5, 5.41) is 3.58. The SMILES string of the molecule is CCC(CC)CNCCCN1CCCC1. The van der Waals surface area contributed by atoms with Crippen LogP contribution in [0.25, 0.3) is 0 Å². The van der Waals surface area contributed by atoms with Gasteiger partial charge in [0.1, 0.15) is 0 Å². The van der Waals surface area contributed by atoms with Gasteiger partial charge in [-0.05, 0) is 57.9 Å². The molecule has 1 N–H and O–H groups in total. The van der Waals surface area contributed by atoms with Crippen LogP contribution in [0, 0.1) is 5.92 Å². The zero-order valence-electron chi connectivity index (χ0n) is 10.6. The van der Waals surface area contributed by atoms with Crippen LogP contribution >= 0.6 is 0 Å². The van der Waals surface area contributed by atoms with Crippen molar-refractivity contribution in [3.05, 3.63) is 0 Å². The molecular formula is C13H28N2. The number of nitrogens with one attached hydrogen (secondary N) is 1. The molecule has 1 heterocycles. The summed E-state index contributed by atoms with van der Waals surface area (Å²) in [5.41, 5.74) is 0. The number of hydrogen-bond donors (Lipinski definition) is 1. The molecule has 1 fully saturated rings. The largest absolute Gasteiger partial charge is 0.316 e.